The summed E-state index contributed by atoms with van der Waals surface area (Å²) in [6, 6.07) is 4.08. The maximum atomic E-state index is 12.2. The highest BCUT2D eigenvalue weighted by Crippen LogP contribution is 2.34. The van der Waals surface area contributed by atoms with Gasteiger partial charge < -0.3 is 24.8 Å². The van der Waals surface area contributed by atoms with E-state index in [0.717, 1.165) is 0 Å². The van der Waals surface area contributed by atoms with Crippen LogP contribution >= 0.6 is 11.6 Å². The monoisotopic (exact) mass is 434 g/mol. The second-order valence-corrected chi connectivity index (χ2v) is 6.01. The molecule has 1 aromatic carbocycles. The van der Waals surface area contributed by atoms with Crippen LogP contribution in [0.15, 0.2) is 24.5 Å². The molecule has 0 unspecified atom stereocenters. The lowest BCUT2D eigenvalue weighted by atomic mass is 10.2. The Morgan fingerprint density at radius 1 is 1.10 bits per heavy atom. The number of nitriles is 1. The molecule has 1 aromatic heterocycles. The molecule has 2 rings (SSSR count). The van der Waals surface area contributed by atoms with E-state index >= 15 is 0 Å². The third kappa shape index (κ3) is 6.85. The molecule has 0 bridgehead atoms. The summed E-state index contributed by atoms with van der Waals surface area (Å²) in [5, 5.41) is 16.5. The smallest absolute Gasteiger partial charge is 0.325 e. The van der Waals surface area contributed by atoms with Gasteiger partial charge in [-0.05, 0) is 6.07 Å². The first-order chi connectivity index (χ1) is 14.5. The van der Waals surface area contributed by atoms with Gasteiger partial charge in [-0.1, -0.05) is 11.6 Å². The molecule has 0 aliphatic carbocycles. The summed E-state index contributed by atoms with van der Waals surface area (Å²) in [6.07, 6.45) is 2.47. The van der Waals surface area contributed by atoms with Gasteiger partial charge in [0, 0.05) is 13.2 Å². The zero-order chi connectivity index (χ0) is 21.9. The quantitative estimate of drug-likeness (QED) is 0.509. The summed E-state index contributed by atoms with van der Waals surface area (Å²) >= 11 is 6.21. The summed E-state index contributed by atoms with van der Waals surface area (Å²) in [4.78, 5) is 31.8. The Hall–Kier alpha value is -3.46. The first kappa shape index (κ1) is 22.8. The third-order valence-electron chi connectivity index (χ3n) is 3.48. The number of rotatable bonds is 9. The number of amides is 3. The van der Waals surface area contributed by atoms with Crippen molar-refractivity contribution in [2.24, 2.45) is 0 Å². The molecule has 0 saturated carbocycles. The molecule has 0 radical (unpaired) electrons. The summed E-state index contributed by atoms with van der Waals surface area (Å²) in [6.45, 7) is 0.483. The van der Waals surface area contributed by atoms with Crippen molar-refractivity contribution in [3.63, 3.8) is 0 Å². The van der Waals surface area contributed by atoms with E-state index in [9.17, 15) is 9.59 Å². The number of benzene rings is 1. The van der Waals surface area contributed by atoms with Crippen molar-refractivity contribution in [3.05, 3.63) is 35.2 Å². The average Bonchev–Trinajstić information content (AvgIpc) is 2.73. The molecular formula is C18H19ClN6O5. The lowest BCUT2D eigenvalue weighted by Gasteiger charge is -2.14. The Bertz CT molecular complexity index is 932. The van der Waals surface area contributed by atoms with Crippen LogP contribution in [0, 0.1) is 11.3 Å². The van der Waals surface area contributed by atoms with E-state index in [1.165, 1.54) is 38.7 Å². The van der Waals surface area contributed by atoms with Crippen molar-refractivity contribution >= 4 is 40.7 Å². The van der Waals surface area contributed by atoms with Gasteiger partial charge in [-0.3, -0.25) is 10.1 Å². The van der Waals surface area contributed by atoms with Gasteiger partial charge in [0.1, 0.15) is 18.4 Å². The van der Waals surface area contributed by atoms with Gasteiger partial charge in [0.25, 0.3) is 0 Å². The number of carbonyl (C=O) groups excluding carboxylic acids is 2. The molecular weight excluding hydrogens is 416 g/mol. The minimum absolute atomic E-state index is 0.121. The first-order valence-electron chi connectivity index (χ1n) is 8.51. The molecule has 0 aliphatic rings. The van der Waals surface area contributed by atoms with Crippen molar-refractivity contribution < 1.29 is 23.8 Å². The highest BCUT2D eigenvalue weighted by atomic mass is 35.5. The van der Waals surface area contributed by atoms with Gasteiger partial charge in [-0.25, -0.2) is 14.8 Å². The molecule has 30 heavy (non-hydrogen) atoms. The number of nitrogens with one attached hydrogen (secondary N) is 3. The first-order valence-corrected chi connectivity index (χ1v) is 8.88. The van der Waals surface area contributed by atoms with Crippen LogP contribution in [0.25, 0.3) is 0 Å². The number of anilines is 3. The molecule has 0 aliphatic heterocycles. The van der Waals surface area contributed by atoms with Crippen LogP contribution < -0.4 is 20.7 Å². The van der Waals surface area contributed by atoms with Gasteiger partial charge in [0.15, 0.2) is 11.5 Å². The maximum absolute atomic E-state index is 12.2. The number of urea groups is 1. The fraction of sp³-hybridized carbons (Fsp3) is 0.278. The number of carbonyl (C=O) groups is 2. The maximum Gasteiger partial charge on any atom is 0.325 e. The summed E-state index contributed by atoms with van der Waals surface area (Å²) in [7, 11) is 2.93. The molecule has 11 nitrogen and oxygen atoms in total. The lowest BCUT2D eigenvalue weighted by Crippen LogP contribution is -2.21. The van der Waals surface area contributed by atoms with Crippen molar-refractivity contribution in [3.8, 4) is 11.8 Å². The van der Waals surface area contributed by atoms with Crippen LogP contribution in [0.4, 0.5) is 22.0 Å². The van der Waals surface area contributed by atoms with Crippen molar-refractivity contribution in [1.29, 1.82) is 5.26 Å². The zero-order valence-electron chi connectivity index (χ0n) is 16.2. The van der Waals surface area contributed by atoms with E-state index in [0.29, 0.717) is 6.61 Å². The van der Waals surface area contributed by atoms with Gasteiger partial charge in [-0.2, -0.15) is 5.26 Å². The SMILES string of the molecule is COCCOCC(=O)Nc1cc(OC)c(NC(=O)Nc2cnc(C#N)cn2)cc1Cl. The van der Waals surface area contributed by atoms with Gasteiger partial charge in [-0.15, -0.1) is 0 Å². The number of methoxy groups -OCH3 is 2. The lowest BCUT2D eigenvalue weighted by molar-refractivity contribution is -0.121. The normalized spacial score (nSPS) is 10.1. The summed E-state index contributed by atoms with van der Waals surface area (Å²) < 4.78 is 15.2. The Morgan fingerprint density at radius 3 is 2.53 bits per heavy atom. The molecule has 3 amide bonds. The molecule has 12 heteroatoms. The standard InChI is InChI=1S/C18H19ClN6O5/c1-28-3-4-30-10-17(26)23-13-6-15(29-2)14(5-12(13)19)24-18(27)25-16-9-21-11(7-20)8-22-16/h5-6,8-9H,3-4,10H2,1-2H3,(H,23,26)(H2,22,24,25,27). The minimum Gasteiger partial charge on any atom is -0.494 e. The van der Waals surface area contributed by atoms with Crippen LogP contribution in [-0.2, 0) is 14.3 Å². The van der Waals surface area contributed by atoms with E-state index < -0.39 is 11.9 Å². The fourth-order valence-electron chi connectivity index (χ4n) is 2.13. The number of hydrogen-bond donors (Lipinski definition) is 3. The van der Waals surface area contributed by atoms with Crippen molar-refractivity contribution in [2.45, 2.75) is 0 Å². The highest BCUT2D eigenvalue weighted by molar-refractivity contribution is 6.34. The topological polar surface area (TPSA) is 147 Å². The molecule has 158 valence electrons. The number of aromatic nitrogens is 2. The second-order valence-electron chi connectivity index (χ2n) is 5.60. The molecule has 0 fully saturated rings. The Labute approximate surface area is 177 Å². The molecule has 2 aromatic rings. The molecule has 0 saturated heterocycles. The van der Waals surface area contributed by atoms with E-state index in [-0.39, 0.29) is 46.9 Å². The predicted octanol–water partition coefficient (Wildman–Crippen LogP) is 2.26. The average molecular weight is 435 g/mol. The van der Waals surface area contributed by atoms with Crippen LogP contribution in [0.2, 0.25) is 5.02 Å². The number of nitrogens with zero attached hydrogens (tertiary/aromatic N) is 3. The van der Waals surface area contributed by atoms with Gasteiger partial charge >= 0.3 is 6.03 Å². The second kappa shape index (κ2) is 11.5. The van der Waals surface area contributed by atoms with Crippen LogP contribution in [-0.4, -0.2) is 55.9 Å². The van der Waals surface area contributed by atoms with E-state index in [1.54, 1.807) is 0 Å². The number of hydrogen-bond acceptors (Lipinski definition) is 8. The fourth-order valence-corrected chi connectivity index (χ4v) is 2.34. The number of ether oxygens (including phenoxy) is 3. The highest BCUT2D eigenvalue weighted by Gasteiger charge is 2.14. The molecule has 0 spiro atoms. The minimum atomic E-state index is -0.633. The van der Waals surface area contributed by atoms with E-state index in [2.05, 4.69) is 25.9 Å². The summed E-state index contributed by atoms with van der Waals surface area (Å²) in [5.41, 5.74) is 0.671. The van der Waals surface area contributed by atoms with Crippen LogP contribution in [0.5, 0.6) is 5.75 Å². The predicted molar refractivity (Wildman–Crippen MR) is 109 cm³/mol. The Balaban J connectivity index is 2.02. The van der Waals surface area contributed by atoms with Gasteiger partial charge in [0.2, 0.25) is 5.91 Å². The van der Waals surface area contributed by atoms with E-state index in [1.807, 2.05) is 6.07 Å². The summed E-state index contributed by atoms with van der Waals surface area (Å²) in [5.74, 6) is -0.00196. The molecule has 0 atom stereocenters. The zero-order valence-corrected chi connectivity index (χ0v) is 16.9. The van der Waals surface area contributed by atoms with Crippen molar-refractivity contribution in [1.82, 2.24) is 9.97 Å². The Kier molecular flexibility index (Phi) is 8.76. The number of halogens is 1. The van der Waals surface area contributed by atoms with Crippen molar-refractivity contribution in [2.75, 3.05) is 50.0 Å². The largest absolute Gasteiger partial charge is 0.494 e. The van der Waals surface area contributed by atoms with Crippen LogP contribution in [0.1, 0.15) is 5.69 Å². The molecule has 1 heterocycles. The molecule has 3 N–H and O–H groups in total. The third-order valence-corrected chi connectivity index (χ3v) is 3.80. The van der Waals surface area contributed by atoms with E-state index in [4.69, 9.17) is 31.1 Å². The Morgan fingerprint density at radius 2 is 1.90 bits per heavy atom. The van der Waals surface area contributed by atoms with Crippen LogP contribution in [0.3, 0.4) is 0 Å². The van der Waals surface area contributed by atoms with Gasteiger partial charge in [0.05, 0.1) is 49.1 Å².